The smallest absolute Gasteiger partial charge is 0.138 e. The Labute approximate surface area is 145 Å². The minimum absolute atomic E-state index is 0.195. The van der Waals surface area contributed by atoms with E-state index in [2.05, 4.69) is 57.6 Å². The fourth-order valence-electron chi connectivity index (χ4n) is 2.94. The highest BCUT2D eigenvalue weighted by molar-refractivity contribution is 7.21. The Morgan fingerprint density at radius 3 is 3.00 bits per heavy atom. The SMILES string of the molecule is CN1CCOC(CNc2ncnc3sc(-c4ccccc4)cc23)C1. The number of morpholine rings is 1. The summed E-state index contributed by atoms with van der Waals surface area (Å²) >= 11 is 1.70. The molecule has 1 aromatic carbocycles. The molecule has 1 saturated heterocycles. The van der Waals surface area contributed by atoms with Crippen LogP contribution in [-0.2, 0) is 4.74 Å². The minimum atomic E-state index is 0.195. The van der Waals surface area contributed by atoms with E-state index in [0.717, 1.165) is 42.3 Å². The lowest BCUT2D eigenvalue weighted by Crippen LogP contribution is -2.43. The van der Waals surface area contributed by atoms with Crippen molar-refractivity contribution in [3.63, 3.8) is 0 Å². The van der Waals surface area contributed by atoms with E-state index in [1.807, 2.05) is 6.07 Å². The van der Waals surface area contributed by atoms with E-state index in [1.165, 1.54) is 10.4 Å². The normalized spacial score (nSPS) is 18.8. The minimum Gasteiger partial charge on any atom is -0.374 e. The molecule has 3 heterocycles. The molecule has 4 rings (SSSR count). The lowest BCUT2D eigenvalue weighted by molar-refractivity contribution is -0.0117. The van der Waals surface area contributed by atoms with Crippen molar-refractivity contribution in [3.05, 3.63) is 42.7 Å². The molecule has 1 aliphatic heterocycles. The average Bonchev–Trinajstić information content (AvgIpc) is 3.06. The quantitative estimate of drug-likeness (QED) is 0.791. The van der Waals surface area contributed by atoms with Gasteiger partial charge in [-0.1, -0.05) is 30.3 Å². The number of benzene rings is 1. The molecule has 1 atom stereocenters. The molecule has 0 bridgehead atoms. The van der Waals surface area contributed by atoms with Crippen LogP contribution < -0.4 is 5.32 Å². The maximum absolute atomic E-state index is 5.81. The van der Waals surface area contributed by atoms with Crippen molar-refractivity contribution in [1.82, 2.24) is 14.9 Å². The molecule has 2 aromatic heterocycles. The number of nitrogens with zero attached hydrogens (tertiary/aromatic N) is 3. The molecule has 0 amide bonds. The molecule has 124 valence electrons. The summed E-state index contributed by atoms with van der Waals surface area (Å²) in [5, 5.41) is 4.52. The first-order valence-electron chi connectivity index (χ1n) is 8.13. The van der Waals surface area contributed by atoms with Crippen LogP contribution in [-0.4, -0.2) is 54.3 Å². The van der Waals surface area contributed by atoms with E-state index in [-0.39, 0.29) is 6.10 Å². The van der Waals surface area contributed by atoms with Gasteiger partial charge in [-0.15, -0.1) is 11.3 Å². The Morgan fingerprint density at radius 1 is 1.29 bits per heavy atom. The van der Waals surface area contributed by atoms with Gasteiger partial charge in [0.2, 0.25) is 0 Å². The fraction of sp³-hybridized carbons (Fsp3) is 0.333. The molecule has 1 N–H and O–H groups in total. The summed E-state index contributed by atoms with van der Waals surface area (Å²) < 4.78 is 5.81. The number of hydrogen-bond donors (Lipinski definition) is 1. The van der Waals surface area contributed by atoms with Gasteiger partial charge in [0.25, 0.3) is 0 Å². The van der Waals surface area contributed by atoms with Gasteiger partial charge in [-0.05, 0) is 18.7 Å². The lowest BCUT2D eigenvalue weighted by atomic mass is 10.2. The molecule has 1 unspecified atom stereocenters. The molecule has 0 saturated carbocycles. The number of ether oxygens (including phenoxy) is 1. The number of anilines is 1. The van der Waals surface area contributed by atoms with Crippen LogP contribution >= 0.6 is 11.3 Å². The number of fused-ring (bicyclic) bond motifs is 1. The Hall–Kier alpha value is -2.02. The van der Waals surface area contributed by atoms with Crippen molar-refractivity contribution in [2.24, 2.45) is 0 Å². The Bertz CT molecular complexity index is 820. The van der Waals surface area contributed by atoms with Gasteiger partial charge in [0.15, 0.2) is 0 Å². The molecule has 1 fully saturated rings. The van der Waals surface area contributed by atoms with E-state index < -0.39 is 0 Å². The zero-order valence-corrected chi connectivity index (χ0v) is 14.4. The molecule has 0 aliphatic carbocycles. The van der Waals surface area contributed by atoms with Gasteiger partial charge in [-0.2, -0.15) is 0 Å². The van der Waals surface area contributed by atoms with Crippen LogP contribution in [0.4, 0.5) is 5.82 Å². The van der Waals surface area contributed by atoms with Crippen molar-refractivity contribution in [2.45, 2.75) is 6.10 Å². The lowest BCUT2D eigenvalue weighted by Gasteiger charge is -2.30. The summed E-state index contributed by atoms with van der Waals surface area (Å²) in [4.78, 5) is 13.4. The molecular formula is C18H20N4OS. The van der Waals surface area contributed by atoms with Crippen molar-refractivity contribution in [2.75, 3.05) is 38.6 Å². The van der Waals surface area contributed by atoms with Crippen LogP contribution in [0.3, 0.4) is 0 Å². The number of thiophene rings is 1. The van der Waals surface area contributed by atoms with E-state index in [0.29, 0.717) is 0 Å². The highest BCUT2D eigenvalue weighted by Gasteiger charge is 2.18. The van der Waals surface area contributed by atoms with Crippen LogP contribution in [0.2, 0.25) is 0 Å². The Morgan fingerprint density at radius 2 is 2.17 bits per heavy atom. The highest BCUT2D eigenvalue weighted by Crippen LogP contribution is 2.34. The second-order valence-corrected chi connectivity index (χ2v) is 7.08. The zero-order valence-electron chi connectivity index (χ0n) is 13.6. The average molecular weight is 340 g/mol. The third-order valence-corrected chi connectivity index (χ3v) is 5.32. The summed E-state index contributed by atoms with van der Waals surface area (Å²) in [5.41, 5.74) is 1.21. The van der Waals surface area contributed by atoms with Crippen LogP contribution in [0.25, 0.3) is 20.7 Å². The van der Waals surface area contributed by atoms with Crippen LogP contribution in [0.5, 0.6) is 0 Å². The second kappa shape index (κ2) is 6.84. The summed E-state index contributed by atoms with van der Waals surface area (Å²) in [7, 11) is 2.13. The van der Waals surface area contributed by atoms with Gasteiger partial charge in [0.1, 0.15) is 17.0 Å². The predicted molar refractivity (Wildman–Crippen MR) is 98.6 cm³/mol. The molecule has 0 radical (unpaired) electrons. The van der Waals surface area contributed by atoms with Crippen LogP contribution in [0.1, 0.15) is 0 Å². The van der Waals surface area contributed by atoms with E-state index in [4.69, 9.17) is 4.74 Å². The zero-order chi connectivity index (χ0) is 16.4. The van der Waals surface area contributed by atoms with Gasteiger partial charge in [0.05, 0.1) is 18.1 Å². The maximum atomic E-state index is 5.81. The molecule has 5 nitrogen and oxygen atoms in total. The monoisotopic (exact) mass is 340 g/mol. The molecular weight excluding hydrogens is 320 g/mol. The van der Waals surface area contributed by atoms with Crippen LogP contribution in [0.15, 0.2) is 42.7 Å². The second-order valence-electron chi connectivity index (χ2n) is 6.05. The third kappa shape index (κ3) is 3.26. The molecule has 1 aliphatic rings. The first-order chi connectivity index (χ1) is 11.8. The molecule has 24 heavy (non-hydrogen) atoms. The van der Waals surface area contributed by atoms with Gasteiger partial charge < -0.3 is 15.0 Å². The van der Waals surface area contributed by atoms with Gasteiger partial charge in [0, 0.05) is 24.5 Å². The number of nitrogens with one attached hydrogen (secondary N) is 1. The molecule has 6 heteroatoms. The summed E-state index contributed by atoms with van der Waals surface area (Å²) in [5.74, 6) is 0.884. The number of rotatable bonds is 4. The van der Waals surface area contributed by atoms with Crippen molar-refractivity contribution < 1.29 is 4.74 Å². The first-order valence-corrected chi connectivity index (χ1v) is 8.95. The standard InChI is InChI=1S/C18H20N4OS/c1-22-7-8-23-14(11-22)10-19-17-15-9-16(13-5-3-2-4-6-13)24-18(15)21-12-20-17/h2-6,9,12,14H,7-8,10-11H2,1H3,(H,19,20,21). The summed E-state index contributed by atoms with van der Waals surface area (Å²) in [6.07, 6.45) is 1.82. The number of likely N-dealkylation sites (N-methyl/N-ethyl adjacent to an activating group) is 1. The summed E-state index contributed by atoms with van der Waals surface area (Å²) in [6, 6.07) is 12.6. The van der Waals surface area contributed by atoms with Crippen molar-refractivity contribution in [3.8, 4) is 10.4 Å². The van der Waals surface area contributed by atoms with Crippen LogP contribution in [0, 0.1) is 0 Å². The van der Waals surface area contributed by atoms with Crippen molar-refractivity contribution >= 4 is 27.4 Å². The van der Waals surface area contributed by atoms with Crippen molar-refractivity contribution in [1.29, 1.82) is 0 Å². The van der Waals surface area contributed by atoms with Gasteiger partial charge >= 0.3 is 0 Å². The number of aromatic nitrogens is 2. The van der Waals surface area contributed by atoms with Gasteiger partial charge in [-0.3, -0.25) is 0 Å². The Balaban J connectivity index is 1.56. The predicted octanol–water partition coefficient (Wildman–Crippen LogP) is 3.10. The van der Waals surface area contributed by atoms with E-state index >= 15 is 0 Å². The fourth-order valence-corrected chi connectivity index (χ4v) is 3.95. The first kappa shape index (κ1) is 15.5. The Kier molecular flexibility index (Phi) is 4.42. The van der Waals surface area contributed by atoms with E-state index in [1.54, 1.807) is 17.7 Å². The van der Waals surface area contributed by atoms with E-state index in [9.17, 15) is 0 Å². The highest BCUT2D eigenvalue weighted by atomic mass is 32.1. The largest absolute Gasteiger partial charge is 0.374 e. The van der Waals surface area contributed by atoms with Gasteiger partial charge in [-0.25, -0.2) is 9.97 Å². The maximum Gasteiger partial charge on any atom is 0.138 e. The number of hydrogen-bond acceptors (Lipinski definition) is 6. The third-order valence-electron chi connectivity index (χ3n) is 4.23. The summed E-state index contributed by atoms with van der Waals surface area (Å²) in [6.45, 7) is 3.49. The topological polar surface area (TPSA) is 50.3 Å². The molecule has 3 aromatic rings. The molecule has 0 spiro atoms.